The molecule has 0 aromatic heterocycles. The van der Waals surface area contributed by atoms with E-state index in [1.807, 2.05) is 19.1 Å². The zero-order valence-electron chi connectivity index (χ0n) is 20.8. The smallest absolute Gasteiger partial charge is 0.244 e. The number of para-hydroxylation sites is 1. The van der Waals surface area contributed by atoms with Gasteiger partial charge < -0.3 is 15.0 Å². The number of sulfonamides is 1. The Bertz CT molecular complexity index is 1100. The number of hydrogen-bond donors (Lipinski definition) is 1. The van der Waals surface area contributed by atoms with Crippen LogP contribution in [0.2, 0.25) is 0 Å². The van der Waals surface area contributed by atoms with Gasteiger partial charge in [-0.3, -0.25) is 13.9 Å². The third kappa shape index (κ3) is 6.96. The highest BCUT2D eigenvalue weighted by molar-refractivity contribution is 7.92. The summed E-state index contributed by atoms with van der Waals surface area (Å²) in [4.78, 5) is 27.8. The molecular weight excluding hydrogens is 454 g/mol. The maximum Gasteiger partial charge on any atom is 0.244 e. The third-order valence-electron chi connectivity index (χ3n) is 5.57. The van der Waals surface area contributed by atoms with Crippen LogP contribution in [-0.2, 0) is 26.2 Å². The van der Waals surface area contributed by atoms with Gasteiger partial charge in [-0.25, -0.2) is 8.42 Å². The van der Waals surface area contributed by atoms with Crippen LogP contribution >= 0.6 is 0 Å². The predicted octanol–water partition coefficient (Wildman–Crippen LogP) is 3.02. The molecule has 0 aliphatic carbocycles. The highest BCUT2D eigenvalue weighted by Crippen LogP contribution is 2.27. The lowest BCUT2D eigenvalue weighted by atomic mass is 10.1. The molecule has 1 atom stereocenters. The Morgan fingerprint density at radius 1 is 1.09 bits per heavy atom. The zero-order valence-corrected chi connectivity index (χ0v) is 21.6. The van der Waals surface area contributed by atoms with Gasteiger partial charge in [0.2, 0.25) is 21.8 Å². The predicted molar refractivity (Wildman–Crippen MR) is 134 cm³/mol. The summed E-state index contributed by atoms with van der Waals surface area (Å²) >= 11 is 0. The average molecular weight is 490 g/mol. The van der Waals surface area contributed by atoms with Crippen LogP contribution in [0.25, 0.3) is 0 Å². The molecule has 2 aromatic rings. The minimum Gasteiger partial charge on any atom is -0.497 e. The van der Waals surface area contributed by atoms with E-state index >= 15 is 0 Å². The summed E-state index contributed by atoms with van der Waals surface area (Å²) in [6, 6.07) is 11.9. The minimum atomic E-state index is -3.77. The standard InChI is InChI=1S/C25H35N3O5S/c1-7-14-26-25(30)20(4)27(16-21-12-9-13-22(15-21)33-5)23(29)17-28(34(6,31)32)24-18(2)10-8-11-19(24)3/h8-13,15,20H,7,14,16-17H2,1-6H3,(H,26,30)/t20-/m0/s1. The molecule has 2 amide bonds. The monoisotopic (exact) mass is 489 g/mol. The summed E-state index contributed by atoms with van der Waals surface area (Å²) < 4.78 is 31.9. The molecule has 9 heteroatoms. The molecule has 2 rings (SSSR count). The second kappa shape index (κ2) is 11.9. The van der Waals surface area contributed by atoms with Crippen molar-refractivity contribution in [3.63, 3.8) is 0 Å². The van der Waals surface area contributed by atoms with Crippen molar-refractivity contribution in [2.75, 3.05) is 30.8 Å². The van der Waals surface area contributed by atoms with Crippen LogP contribution in [0.5, 0.6) is 5.75 Å². The highest BCUT2D eigenvalue weighted by atomic mass is 32.2. The molecule has 0 aliphatic rings. The molecule has 0 saturated carbocycles. The number of aryl methyl sites for hydroxylation is 2. The Labute approximate surface area is 202 Å². The SMILES string of the molecule is CCCNC(=O)[C@H](C)N(Cc1cccc(OC)c1)C(=O)CN(c1c(C)cccc1C)S(C)(=O)=O. The van der Waals surface area contributed by atoms with E-state index in [4.69, 9.17) is 4.74 Å². The van der Waals surface area contributed by atoms with Gasteiger partial charge >= 0.3 is 0 Å². The van der Waals surface area contributed by atoms with Gasteiger partial charge in [-0.1, -0.05) is 37.3 Å². The molecule has 8 nitrogen and oxygen atoms in total. The van der Waals surface area contributed by atoms with Gasteiger partial charge in [0, 0.05) is 13.1 Å². The van der Waals surface area contributed by atoms with Crippen LogP contribution in [0.15, 0.2) is 42.5 Å². The van der Waals surface area contributed by atoms with E-state index in [1.54, 1.807) is 58.2 Å². The van der Waals surface area contributed by atoms with Crippen molar-refractivity contribution in [1.29, 1.82) is 0 Å². The van der Waals surface area contributed by atoms with Gasteiger partial charge in [-0.15, -0.1) is 0 Å². The number of methoxy groups -OCH3 is 1. The van der Waals surface area contributed by atoms with E-state index in [0.717, 1.165) is 33.7 Å². The van der Waals surface area contributed by atoms with Crippen LogP contribution in [0, 0.1) is 13.8 Å². The molecule has 0 bridgehead atoms. The molecule has 0 aliphatic heterocycles. The van der Waals surface area contributed by atoms with E-state index in [2.05, 4.69) is 5.32 Å². The van der Waals surface area contributed by atoms with Gasteiger partial charge in [0.1, 0.15) is 18.3 Å². The quantitative estimate of drug-likeness (QED) is 0.523. The maximum absolute atomic E-state index is 13.6. The summed E-state index contributed by atoms with van der Waals surface area (Å²) in [6.45, 7) is 7.40. The first-order valence-corrected chi connectivity index (χ1v) is 13.1. The van der Waals surface area contributed by atoms with Gasteiger partial charge in [0.25, 0.3) is 0 Å². The van der Waals surface area contributed by atoms with Crippen LogP contribution < -0.4 is 14.4 Å². The van der Waals surface area contributed by atoms with E-state index in [1.165, 1.54) is 4.90 Å². The number of carbonyl (C=O) groups excluding carboxylic acids is 2. The van der Waals surface area contributed by atoms with E-state index in [-0.39, 0.29) is 12.5 Å². The summed E-state index contributed by atoms with van der Waals surface area (Å²) in [6.07, 6.45) is 1.84. The molecule has 0 radical (unpaired) electrons. The van der Waals surface area contributed by atoms with Gasteiger partial charge in [0.15, 0.2) is 0 Å². The Hall–Kier alpha value is -3.07. The normalized spacial score (nSPS) is 12.1. The Kier molecular flexibility index (Phi) is 9.49. The number of ether oxygens (including phenoxy) is 1. The number of carbonyl (C=O) groups is 2. The summed E-state index contributed by atoms with van der Waals surface area (Å²) in [5.41, 5.74) is 2.72. The first kappa shape index (κ1) is 27.2. The second-order valence-corrected chi connectivity index (χ2v) is 10.3. The van der Waals surface area contributed by atoms with Crippen LogP contribution in [-0.4, -0.2) is 57.6 Å². The number of nitrogens with one attached hydrogen (secondary N) is 1. The van der Waals surface area contributed by atoms with Crippen LogP contribution in [0.1, 0.15) is 37.0 Å². The van der Waals surface area contributed by atoms with Crippen molar-refractivity contribution in [1.82, 2.24) is 10.2 Å². The topological polar surface area (TPSA) is 96.0 Å². The van der Waals surface area contributed by atoms with Crippen molar-refractivity contribution < 1.29 is 22.7 Å². The average Bonchev–Trinajstić information content (AvgIpc) is 2.79. The lowest BCUT2D eigenvalue weighted by molar-refractivity contribution is -0.139. The van der Waals surface area contributed by atoms with E-state index in [0.29, 0.717) is 18.0 Å². The van der Waals surface area contributed by atoms with Crippen molar-refractivity contribution in [3.8, 4) is 5.75 Å². The number of benzene rings is 2. The fourth-order valence-corrected chi connectivity index (χ4v) is 4.69. The highest BCUT2D eigenvalue weighted by Gasteiger charge is 2.31. The molecule has 0 fully saturated rings. The molecule has 34 heavy (non-hydrogen) atoms. The molecule has 186 valence electrons. The summed E-state index contributed by atoms with van der Waals surface area (Å²) in [7, 11) is -2.22. The van der Waals surface area contributed by atoms with Crippen LogP contribution in [0.3, 0.4) is 0 Å². The number of rotatable bonds is 11. The van der Waals surface area contributed by atoms with Gasteiger partial charge in [0.05, 0.1) is 19.1 Å². The molecular formula is C25H35N3O5S. The Morgan fingerprint density at radius 3 is 2.26 bits per heavy atom. The molecule has 0 heterocycles. The van der Waals surface area contributed by atoms with Crippen molar-refractivity contribution in [2.24, 2.45) is 0 Å². The van der Waals surface area contributed by atoms with Gasteiger partial charge in [-0.2, -0.15) is 0 Å². The fourth-order valence-electron chi connectivity index (χ4n) is 3.72. The number of nitrogens with zero attached hydrogens (tertiary/aromatic N) is 2. The number of anilines is 1. The molecule has 0 spiro atoms. The molecule has 0 unspecified atom stereocenters. The van der Waals surface area contributed by atoms with Crippen molar-refractivity contribution in [2.45, 2.75) is 46.7 Å². The number of amides is 2. The first-order valence-electron chi connectivity index (χ1n) is 11.2. The summed E-state index contributed by atoms with van der Waals surface area (Å²) in [5, 5.41) is 2.82. The number of hydrogen-bond acceptors (Lipinski definition) is 5. The van der Waals surface area contributed by atoms with E-state index in [9.17, 15) is 18.0 Å². The first-order chi connectivity index (χ1) is 16.0. The summed E-state index contributed by atoms with van der Waals surface area (Å²) in [5.74, 6) is -0.146. The Balaban J connectivity index is 2.44. The van der Waals surface area contributed by atoms with Crippen LogP contribution in [0.4, 0.5) is 5.69 Å². The van der Waals surface area contributed by atoms with Crippen molar-refractivity contribution >= 4 is 27.5 Å². The molecule has 1 N–H and O–H groups in total. The largest absolute Gasteiger partial charge is 0.497 e. The third-order valence-corrected chi connectivity index (χ3v) is 6.68. The zero-order chi connectivity index (χ0) is 25.5. The second-order valence-electron chi connectivity index (χ2n) is 8.35. The maximum atomic E-state index is 13.6. The molecule has 2 aromatic carbocycles. The molecule has 0 saturated heterocycles. The lowest BCUT2D eigenvalue weighted by Gasteiger charge is -2.32. The van der Waals surface area contributed by atoms with Gasteiger partial charge in [-0.05, 0) is 56.0 Å². The van der Waals surface area contributed by atoms with Crippen molar-refractivity contribution in [3.05, 3.63) is 59.2 Å². The lowest BCUT2D eigenvalue weighted by Crippen LogP contribution is -2.51. The minimum absolute atomic E-state index is 0.126. The van der Waals surface area contributed by atoms with E-state index < -0.39 is 28.5 Å². The fraction of sp³-hybridized carbons (Fsp3) is 0.440. The Morgan fingerprint density at radius 2 is 1.71 bits per heavy atom.